The van der Waals surface area contributed by atoms with Gasteiger partial charge in [0.2, 0.25) is 0 Å². The number of carbonyl (C=O) groups is 1. The van der Waals surface area contributed by atoms with Gasteiger partial charge in [-0.15, -0.1) is 0 Å². The Morgan fingerprint density at radius 3 is 2.32 bits per heavy atom. The van der Waals surface area contributed by atoms with Crippen molar-refractivity contribution in [2.75, 3.05) is 27.2 Å². The number of ether oxygens (including phenoxy) is 2. The van der Waals surface area contributed by atoms with Gasteiger partial charge < -0.3 is 19.1 Å². The summed E-state index contributed by atoms with van der Waals surface area (Å²) in [6.45, 7) is 1.73. The number of benzene rings is 2. The van der Waals surface area contributed by atoms with Gasteiger partial charge >= 0.3 is 5.97 Å². The van der Waals surface area contributed by atoms with E-state index in [4.69, 9.17) is 9.47 Å². The quantitative estimate of drug-likeness (QED) is 0.255. The van der Waals surface area contributed by atoms with Crippen molar-refractivity contribution in [3.8, 4) is 5.75 Å². The van der Waals surface area contributed by atoms with E-state index in [-0.39, 0.29) is 12.0 Å². The number of carbonyl (C=O) groups excluding carboxylic acids is 1. The fraction of sp³-hybridized carbons (Fsp3) is 0.594. The van der Waals surface area contributed by atoms with Gasteiger partial charge in [0.15, 0.2) is 5.60 Å². The molecule has 2 aromatic carbocycles. The minimum absolute atomic E-state index is 0.0811. The van der Waals surface area contributed by atoms with Crippen molar-refractivity contribution < 1.29 is 23.9 Å². The predicted octanol–water partition coefficient (Wildman–Crippen LogP) is 5.71. The van der Waals surface area contributed by atoms with Crippen LogP contribution < -0.4 is 4.74 Å². The van der Waals surface area contributed by atoms with Crippen LogP contribution in [0.25, 0.3) is 0 Å². The van der Waals surface area contributed by atoms with Crippen LogP contribution in [0.5, 0.6) is 5.75 Å². The standard InChI is InChI=1S/C32H44NO4/c1-33(2,21-12-22-36-27-17-10-5-11-18-27)30-24-19-20-28(30)29(23-24)37-31(34)32(35,25-13-6-3-7-14-25)26-15-8-4-9-16-26/h3,5-7,10-11,13-14,17-18,24,26,28-30,35H,4,8-9,12,15-16,19-23H2,1-2H3/q+1/t24?,28-,29-,30?,32?/m1/s1. The van der Waals surface area contributed by atoms with Crippen molar-refractivity contribution in [2.24, 2.45) is 17.8 Å². The number of quaternary nitrogens is 1. The lowest BCUT2D eigenvalue weighted by atomic mass is 9.73. The summed E-state index contributed by atoms with van der Waals surface area (Å²) in [5.41, 5.74) is -0.876. The maximum absolute atomic E-state index is 13.8. The van der Waals surface area contributed by atoms with Crippen molar-refractivity contribution >= 4 is 5.97 Å². The van der Waals surface area contributed by atoms with Gasteiger partial charge in [0.25, 0.3) is 0 Å². The van der Waals surface area contributed by atoms with E-state index < -0.39 is 11.6 Å². The molecule has 3 saturated carbocycles. The lowest BCUT2D eigenvalue weighted by molar-refractivity contribution is -0.919. The van der Waals surface area contributed by atoms with Crippen molar-refractivity contribution in [2.45, 2.75) is 75.5 Å². The zero-order valence-corrected chi connectivity index (χ0v) is 22.6. The van der Waals surface area contributed by atoms with E-state index in [0.717, 1.165) is 61.7 Å². The molecule has 3 fully saturated rings. The summed E-state index contributed by atoms with van der Waals surface area (Å²) < 4.78 is 13.2. The van der Waals surface area contributed by atoms with E-state index in [0.29, 0.717) is 30.0 Å². The normalized spacial score (nSPS) is 27.5. The molecule has 0 heterocycles. The first-order valence-corrected chi connectivity index (χ1v) is 14.4. The average Bonchev–Trinajstić information content (AvgIpc) is 3.51. The molecule has 3 unspecified atom stereocenters. The van der Waals surface area contributed by atoms with E-state index in [1.165, 1.54) is 12.8 Å². The highest BCUT2D eigenvalue weighted by molar-refractivity contribution is 5.81. The molecule has 0 aromatic heterocycles. The number of hydrogen-bond donors (Lipinski definition) is 1. The molecule has 5 heteroatoms. The lowest BCUT2D eigenvalue weighted by Gasteiger charge is -2.40. The molecule has 0 aliphatic heterocycles. The number of para-hydroxylation sites is 1. The number of nitrogens with zero attached hydrogens (tertiary/aromatic N) is 1. The molecular formula is C32H44NO4+. The van der Waals surface area contributed by atoms with Gasteiger partial charge in [-0.3, -0.25) is 0 Å². The molecule has 0 radical (unpaired) electrons. The van der Waals surface area contributed by atoms with Crippen LogP contribution in [-0.2, 0) is 15.1 Å². The van der Waals surface area contributed by atoms with Crippen LogP contribution in [0.3, 0.4) is 0 Å². The zero-order chi connectivity index (χ0) is 25.9. The van der Waals surface area contributed by atoms with E-state index in [9.17, 15) is 9.90 Å². The molecule has 200 valence electrons. The minimum atomic E-state index is -1.56. The molecule has 5 rings (SSSR count). The highest BCUT2D eigenvalue weighted by atomic mass is 16.6. The SMILES string of the molecule is C[N+](C)(CCCOc1ccccc1)C1C2CC[C@@H]1[C@H](OC(=O)C(O)(c1ccccc1)C1CCCCC1)C2. The Morgan fingerprint density at radius 1 is 0.946 bits per heavy atom. The lowest BCUT2D eigenvalue weighted by Crippen LogP contribution is -2.53. The molecule has 3 aliphatic carbocycles. The van der Waals surface area contributed by atoms with Crippen molar-refractivity contribution in [1.29, 1.82) is 0 Å². The molecule has 2 bridgehead atoms. The highest BCUT2D eigenvalue weighted by Crippen LogP contribution is 2.51. The second-order valence-corrected chi connectivity index (χ2v) is 12.2. The predicted molar refractivity (Wildman–Crippen MR) is 145 cm³/mol. The number of aliphatic hydroxyl groups is 1. The summed E-state index contributed by atoms with van der Waals surface area (Å²) in [4.78, 5) is 13.8. The van der Waals surface area contributed by atoms with Crippen LogP contribution in [0.15, 0.2) is 60.7 Å². The van der Waals surface area contributed by atoms with Gasteiger partial charge in [-0.2, -0.15) is 0 Å². The van der Waals surface area contributed by atoms with E-state index in [1.54, 1.807) is 0 Å². The third-order valence-electron chi connectivity index (χ3n) is 9.48. The first-order chi connectivity index (χ1) is 17.9. The summed E-state index contributed by atoms with van der Waals surface area (Å²) in [7, 11) is 4.65. The molecule has 5 atom stereocenters. The molecule has 0 saturated heterocycles. The van der Waals surface area contributed by atoms with Crippen LogP contribution in [-0.4, -0.2) is 55.0 Å². The Hall–Kier alpha value is -2.37. The second kappa shape index (κ2) is 11.2. The third kappa shape index (κ3) is 5.44. The molecule has 5 nitrogen and oxygen atoms in total. The van der Waals surface area contributed by atoms with Gasteiger partial charge in [-0.25, -0.2) is 4.79 Å². The van der Waals surface area contributed by atoms with E-state index in [1.807, 2.05) is 60.7 Å². The van der Waals surface area contributed by atoms with Gasteiger partial charge in [0.1, 0.15) is 11.9 Å². The summed E-state index contributed by atoms with van der Waals surface area (Å²) in [5, 5.41) is 12.0. The van der Waals surface area contributed by atoms with Crippen LogP contribution in [0.4, 0.5) is 0 Å². The molecule has 0 spiro atoms. The van der Waals surface area contributed by atoms with Gasteiger partial charge in [0, 0.05) is 24.2 Å². The third-order valence-corrected chi connectivity index (χ3v) is 9.48. The molecule has 0 amide bonds. The molecule has 3 aliphatic rings. The Kier molecular flexibility index (Phi) is 7.92. The largest absolute Gasteiger partial charge is 0.493 e. The minimum Gasteiger partial charge on any atom is -0.493 e. The maximum atomic E-state index is 13.8. The Morgan fingerprint density at radius 2 is 1.62 bits per heavy atom. The molecular weight excluding hydrogens is 462 g/mol. The first kappa shape index (κ1) is 26.2. The van der Waals surface area contributed by atoms with Crippen molar-refractivity contribution in [1.82, 2.24) is 0 Å². The smallest absolute Gasteiger partial charge is 0.343 e. The van der Waals surface area contributed by atoms with E-state index >= 15 is 0 Å². The summed E-state index contributed by atoms with van der Waals surface area (Å²) in [6.07, 6.45) is 9.13. The van der Waals surface area contributed by atoms with Crippen molar-refractivity contribution in [3.05, 3.63) is 66.2 Å². The molecule has 1 N–H and O–H groups in total. The van der Waals surface area contributed by atoms with Crippen LogP contribution >= 0.6 is 0 Å². The van der Waals surface area contributed by atoms with Crippen molar-refractivity contribution in [3.63, 3.8) is 0 Å². The summed E-state index contributed by atoms with van der Waals surface area (Å²) in [5.74, 6) is 1.33. The average molecular weight is 507 g/mol. The summed E-state index contributed by atoms with van der Waals surface area (Å²) in [6, 6.07) is 20.0. The fourth-order valence-electron chi connectivity index (χ4n) is 7.75. The van der Waals surface area contributed by atoms with Gasteiger partial charge in [-0.05, 0) is 49.8 Å². The number of hydrogen-bond acceptors (Lipinski definition) is 4. The van der Waals surface area contributed by atoms with Crippen LogP contribution in [0.1, 0.15) is 63.4 Å². The van der Waals surface area contributed by atoms with Gasteiger partial charge in [0.05, 0.1) is 33.3 Å². The molecule has 37 heavy (non-hydrogen) atoms. The number of esters is 1. The Balaban J connectivity index is 1.24. The van der Waals surface area contributed by atoms with Crippen LogP contribution in [0, 0.1) is 17.8 Å². The molecule has 2 aromatic rings. The Bertz CT molecular complexity index is 1020. The fourth-order valence-corrected chi connectivity index (χ4v) is 7.75. The Labute approximate surface area is 222 Å². The van der Waals surface area contributed by atoms with E-state index in [2.05, 4.69) is 14.1 Å². The summed E-state index contributed by atoms with van der Waals surface area (Å²) >= 11 is 0. The first-order valence-electron chi connectivity index (χ1n) is 14.4. The number of fused-ring (bicyclic) bond motifs is 2. The van der Waals surface area contributed by atoms with Crippen LogP contribution in [0.2, 0.25) is 0 Å². The maximum Gasteiger partial charge on any atom is 0.343 e. The monoisotopic (exact) mass is 506 g/mol. The highest BCUT2D eigenvalue weighted by Gasteiger charge is 2.58. The van der Waals surface area contributed by atoms with Gasteiger partial charge in [-0.1, -0.05) is 67.8 Å². The number of rotatable bonds is 10. The zero-order valence-electron chi connectivity index (χ0n) is 22.6. The second-order valence-electron chi connectivity index (χ2n) is 12.2. The topological polar surface area (TPSA) is 55.8 Å².